The Hall–Kier alpha value is -2.48. The maximum absolute atomic E-state index is 11.8. The van der Waals surface area contributed by atoms with E-state index in [1.807, 2.05) is 0 Å². The van der Waals surface area contributed by atoms with Crippen LogP contribution in [0.1, 0.15) is 26.5 Å². The fraction of sp³-hybridized carbons (Fsp3) is 0.385. The van der Waals surface area contributed by atoms with Crippen LogP contribution < -0.4 is 10.6 Å². The second kappa shape index (κ2) is 7.95. The summed E-state index contributed by atoms with van der Waals surface area (Å²) >= 11 is 0. The van der Waals surface area contributed by atoms with E-state index in [1.54, 1.807) is 0 Å². The fourth-order valence-electron chi connectivity index (χ4n) is 1.52. The fourth-order valence-corrected chi connectivity index (χ4v) is 1.52. The molecule has 0 fully saturated rings. The number of pyridine rings is 1. The summed E-state index contributed by atoms with van der Waals surface area (Å²) in [4.78, 5) is 37.9. The van der Waals surface area contributed by atoms with Crippen LogP contribution in [0.2, 0.25) is 0 Å². The molecule has 8 heteroatoms. The number of aromatic carboxylic acids is 1. The van der Waals surface area contributed by atoms with Gasteiger partial charge in [-0.1, -0.05) is 0 Å². The van der Waals surface area contributed by atoms with Crippen LogP contribution in [0.5, 0.6) is 0 Å². The van der Waals surface area contributed by atoms with Gasteiger partial charge in [-0.05, 0) is 19.1 Å². The van der Waals surface area contributed by atoms with Gasteiger partial charge in [-0.3, -0.25) is 9.59 Å². The van der Waals surface area contributed by atoms with Gasteiger partial charge < -0.3 is 20.5 Å². The smallest absolute Gasteiger partial charge is 0.337 e. The first kappa shape index (κ1) is 16.6. The quantitative estimate of drug-likeness (QED) is 0.588. The van der Waals surface area contributed by atoms with Crippen LogP contribution in [0.3, 0.4) is 0 Å². The molecule has 1 aromatic rings. The number of hydrogen-bond acceptors (Lipinski definition) is 5. The van der Waals surface area contributed by atoms with Crippen LogP contribution in [-0.4, -0.2) is 54.7 Å². The molecule has 0 aromatic carbocycles. The van der Waals surface area contributed by atoms with E-state index in [4.69, 9.17) is 9.84 Å². The first-order valence-corrected chi connectivity index (χ1v) is 6.20. The lowest BCUT2D eigenvalue weighted by molar-refractivity contribution is -0.120. The molecule has 2 amide bonds. The summed E-state index contributed by atoms with van der Waals surface area (Å²) < 4.78 is 4.77. The molecular formula is C13H17N3O5. The highest BCUT2D eigenvalue weighted by atomic mass is 16.5. The highest BCUT2D eigenvalue weighted by Gasteiger charge is 2.13. The molecule has 0 atom stereocenters. The Bertz CT molecular complexity index is 545. The minimum atomic E-state index is -1.11. The third kappa shape index (κ3) is 5.19. The summed E-state index contributed by atoms with van der Waals surface area (Å²) in [5.74, 6) is -2.00. The topological polar surface area (TPSA) is 118 Å². The minimum absolute atomic E-state index is 0.0314. The summed E-state index contributed by atoms with van der Waals surface area (Å²) in [6.07, 6.45) is 0. The predicted molar refractivity (Wildman–Crippen MR) is 73.2 cm³/mol. The first-order valence-electron chi connectivity index (χ1n) is 6.20. The third-order valence-electron chi connectivity index (χ3n) is 2.59. The molecule has 0 unspecified atom stereocenters. The van der Waals surface area contributed by atoms with Crippen molar-refractivity contribution in [1.29, 1.82) is 0 Å². The molecule has 21 heavy (non-hydrogen) atoms. The largest absolute Gasteiger partial charge is 0.478 e. The number of methoxy groups -OCH3 is 1. The van der Waals surface area contributed by atoms with E-state index in [0.717, 1.165) is 0 Å². The molecule has 0 aliphatic rings. The number of carbonyl (C=O) groups is 3. The van der Waals surface area contributed by atoms with Crippen molar-refractivity contribution < 1.29 is 24.2 Å². The molecule has 0 spiro atoms. The molecule has 0 saturated carbocycles. The van der Waals surface area contributed by atoms with Gasteiger partial charge in [0.15, 0.2) is 0 Å². The number of aryl methyl sites for hydroxylation is 1. The Labute approximate surface area is 121 Å². The number of aromatic nitrogens is 1. The number of nitrogens with zero attached hydrogens (tertiary/aromatic N) is 1. The Morgan fingerprint density at radius 1 is 1.29 bits per heavy atom. The molecule has 0 radical (unpaired) electrons. The van der Waals surface area contributed by atoms with Crippen molar-refractivity contribution in [3.63, 3.8) is 0 Å². The van der Waals surface area contributed by atoms with Crippen molar-refractivity contribution in [2.45, 2.75) is 6.92 Å². The number of ether oxygens (including phenoxy) is 1. The van der Waals surface area contributed by atoms with E-state index in [0.29, 0.717) is 13.2 Å². The van der Waals surface area contributed by atoms with E-state index in [1.165, 1.54) is 26.2 Å². The van der Waals surface area contributed by atoms with E-state index in [2.05, 4.69) is 15.6 Å². The van der Waals surface area contributed by atoms with Crippen molar-refractivity contribution in [2.75, 3.05) is 26.8 Å². The molecule has 1 heterocycles. The van der Waals surface area contributed by atoms with Crippen LogP contribution in [0, 0.1) is 6.92 Å². The van der Waals surface area contributed by atoms with Crippen molar-refractivity contribution in [3.8, 4) is 0 Å². The molecule has 1 aromatic heterocycles. The molecule has 114 valence electrons. The van der Waals surface area contributed by atoms with Gasteiger partial charge in [0.2, 0.25) is 5.91 Å². The highest BCUT2D eigenvalue weighted by molar-refractivity contribution is 5.96. The Balaban J connectivity index is 2.54. The zero-order valence-electron chi connectivity index (χ0n) is 11.8. The lowest BCUT2D eigenvalue weighted by atomic mass is 10.2. The molecule has 3 N–H and O–H groups in total. The van der Waals surface area contributed by atoms with E-state index in [-0.39, 0.29) is 29.4 Å². The van der Waals surface area contributed by atoms with E-state index < -0.39 is 11.9 Å². The molecule has 1 rings (SSSR count). The van der Waals surface area contributed by atoms with Gasteiger partial charge in [-0.2, -0.15) is 0 Å². The van der Waals surface area contributed by atoms with Gasteiger partial charge in [-0.15, -0.1) is 0 Å². The minimum Gasteiger partial charge on any atom is -0.478 e. The van der Waals surface area contributed by atoms with Crippen LogP contribution in [0.4, 0.5) is 0 Å². The summed E-state index contributed by atoms with van der Waals surface area (Å²) in [5.41, 5.74) is 0.325. The SMILES string of the molecule is COCCNC(=O)CNC(=O)c1ccc(C(=O)O)c(C)n1. The van der Waals surface area contributed by atoms with Gasteiger partial charge in [0.1, 0.15) is 5.69 Å². The zero-order valence-corrected chi connectivity index (χ0v) is 11.8. The molecule has 0 bridgehead atoms. The average Bonchev–Trinajstić information content (AvgIpc) is 2.44. The monoisotopic (exact) mass is 295 g/mol. The number of hydrogen-bond donors (Lipinski definition) is 3. The standard InChI is InChI=1S/C13H17N3O5/c1-8-9(13(19)20)3-4-10(16-8)12(18)15-7-11(17)14-5-6-21-2/h3-4H,5-7H2,1-2H3,(H,14,17)(H,15,18)(H,19,20). The molecular weight excluding hydrogens is 278 g/mol. The summed E-state index contributed by atoms with van der Waals surface area (Å²) in [6, 6.07) is 2.60. The van der Waals surface area contributed by atoms with Gasteiger partial charge in [0, 0.05) is 13.7 Å². The van der Waals surface area contributed by atoms with Crippen LogP contribution in [0.25, 0.3) is 0 Å². The molecule has 8 nitrogen and oxygen atoms in total. The third-order valence-corrected chi connectivity index (χ3v) is 2.59. The summed E-state index contributed by atoms with van der Waals surface area (Å²) in [5, 5.41) is 13.8. The normalized spacial score (nSPS) is 10.0. The van der Waals surface area contributed by atoms with Crippen LogP contribution in [0.15, 0.2) is 12.1 Å². The lowest BCUT2D eigenvalue weighted by Crippen LogP contribution is -2.38. The predicted octanol–water partition coefficient (Wildman–Crippen LogP) is -0.419. The average molecular weight is 295 g/mol. The number of carboxylic acids is 1. The zero-order chi connectivity index (χ0) is 15.8. The van der Waals surface area contributed by atoms with E-state index in [9.17, 15) is 14.4 Å². The Morgan fingerprint density at radius 3 is 2.57 bits per heavy atom. The van der Waals surface area contributed by atoms with E-state index >= 15 is 0 Å². The Kier molecular flexibility index (Phi) is 6.28. The number of rotatable bonds is 7. The Morgan fingerprint density at radius 2 is 2.00 bits per heavy atom. The van der Waals surface area contributed by atoms with Gasteiger partial charge >= 0.3 is 5.97 Å². The highest BCUT2D eigenvalue weighted by Crippen LogP contribution is 2.06. The van der Waals surface area contributed by atoms with Crippen molar-refractivity contribution >= 4 is 17.8 Å². The molecule has 0 aliphatic carbocycles. The maximum Gasteiger partial charge on any atom is 0.337 e. The number of carboxylic acid groups (broad SMARTS) is 1. The van der Waals surface area contributed by atoms with Gasteiger partial charge in [0.05, 0.1) is 24.4 Å². The van der Waals surface area contributed by atoms with Crippen molar-refractivity contribution in [1.82, 2.24) is 15.6 Å². The van der Waals surface area contributed by atoms with Crippen LogP contribution >= 0.6 is 0 Å². The maximum atomic E-state index is 11.8. The summed E-state index contributed by atoms with van der Waals surface area (Å²) in [7, 11) is 1.52. The van der Waals surface area contributed by atoms with Gasteiger partial charge in [0.25, 0.3) is 5.91 Å². The number of carbonyl (C=O) groups excluding carboxylic acids is 2. The summed E-state index contributed by atoms with van der Waals surface area (Å²) in [6.45, 7) is 2.05. The molecule has 0 saturated heterocycles. The first-order chi connectivity index (χ1) is 9.95. The van der Waals surface area contributed by atoms with Crippen molar-refractivity contribution in [2.24, 2.45) is 0 Å². The number of nitrogens with one attached hydrogen (secondary N) is 2. The van der Waals surface area contributed by atoms with Gasteiger partial charge in [-0.25, -0.2) is 9.78 Å². The molecule has 0 aliphatic heterocycles. The lowest BCUT2D eigenvalue weighted by Gasteiger charge is -2.07. The number of amides is 2. The second-order valence-corrected chi connectivity index (χ2v) is 4.16. The van der Waals surface area contributed by atoms with Crippen LogP contribution in [-0.2, 0) is 9.53 Å². The van der Waals surface area contributed by atoms with Crippen molar-refractivity contribution in [3.05, 3.63) is 29.1 Å². The second-order valence-electron chi connectivity index (χ2n) is 4.16.